The first-order chi connectivity index (χ1) is 8.66. The van der Waals surface area contributed by atoms with E-state index in [0.29, 0.717) is 11.1 Å². The highest BCUT2D eigenvalue weighted by Gasteiger charge is 2.15. The Bertz CT molecular complexity index is 436. The molecule has 0 saturated carbocycles. The zero-order valence-electron chi connectivity index (χ0n) is 9.76. The summed E-state index contributed by atoms with van der Waals surface area (Å²) in [5.74, 6) is 3.05. The van der Waals surface area contributed by atoms with Gasteiger partial charge in [0.25, 0.3) is 0 Å². The van der Waals surface area contributed by atoms with Crippen LogP contribution in [0.15, 0.2) is 12.3 Å². The normalized spacial score (nSPS) is 19.4. The van der Waals surface area contributed by atoms with Crippen LogP contribution in [-0.4, -0.2) is 45.1 Å². The third-order valence-electron chi connectivity index (χ3n) is 2.56. The molecule has 1 fully saturated rings. The van der Waals surface area contributed by atoms with Crippen molar-refractivity contribution in [3.05, 3.63) is 17.8 Å². The lowest BCUT2D eigenvalue weighted by atomic mass is 10.2. The molecule has 4 N–H and O–H groups in total. The van der Waals surface area contributed by atoms with E-state index >= 15 is 0 Å². The fourth-order valence-corrected chi connectivity index (χ4v) is 4.23. The SMILES string of the molecule is Nc1cnc(NCC2CSCCS2)cc1C(=O)O. The Hall–Kier alpha value is -1.08. The Kier molecular flexibility index (Phi) is 4.60. The number of carbonyl (C=O) groups is 1. The topological polar surface area (TPSA) is 88.2 Å². The maximum atomic E-state index is 10.9. The van der Waals surface area contributed by atoms with E-state index in [1.807, 2.05) is 23.5 Å². The number of nitrogens with zero attached hydrogens (tertiary/aromatic N) is 1. The van der Waals surface area contributed by atoms with Crippen LogP contribution >= 0.6 is 23.5 Å². The predicted molar refractivity (Wildman–Crippen MR) is 77.7 cm³/mol. The Morgan fingerprint density at radius 2 is 2.44 bits per heavy atom. The molecule has 7 heteroatoms. The third kappa shape index (κ3) is 3.46. The molecule has 1 atom stereocenters. The summed E-state index contributed by atoms with van der Waals surface area (Å²) in [4.78, 5) is 15.0. The van der Waals surface area contributed by atoms with E-state index in [2.05, 4.69) is 10.3 Å². The minimum absolute atomic E-state index is 0.0955. The van der Waals surface area contributed by atoms with Crippen molar-refractivity contribution in [3.8, 4) is 0 Å². The fourth-order valence-electron chi connectivity index (χ4n) is 1.62. The van der Waals surface area contributed by atoms with E-state index in [4.69, 9.17) is 10.8 Å². The molecule has 0 spiro atoms. The molecule has 0 aliphatic carbocycles. The summed E-state index contributed by atoms with van der Waals surface area (Å²) in [6.07, 6.45) is 1.38. The van der Waals surface area contributed by atoms with Crippen molar-refractivity contribution >= 4 is 41.0 Å². The van der Waals surface area contributed by atoms with Crippen LogP contribution in [0.4, 0.5) is 11.5 Å². The van der Waals surface area contributed by atoms with Gasteiger partial charge in [0.05, 0.1) is 17.4 Å². The van der Waals surface area contributed by atoms with Crippen LogP contribution in [0, 0.1) is 0 Å². The first-order valence-electron chi connectivity index (χ1n) is 5.59. The molecular weight excluding hydrogens is 270 g/mol. The highest BCUT2D eigenvalue weighted by molar-refractivity contribution is 8.06. The first kappa shape index (κ1) is 13.4. The minimum Gasteiger partial charge on any atom is -0.478 e. The van der Waals surface area contributed by atoms with Crippen molar-refractivity contribution < 1.29 is 9.90 Å². The first-order valence-corrected chi connectivity index (χ1v) is 7.79. The van der Waals surface area contributed by atoms with Gasteiger partial charge >= 0.3 is 5.97 Å². The molecule has 5 nitrogen and oxygen atoms in total. The number of aromatic nitrogens is 1. The van der Waals surface area contributed by atoms with Gasteiger partial charge in [0.2, 0.25) is 0 Å². The zero-order valence-corrected chi connectivity index (χ0v) is 11.4. The van der Waals surface area contributed by atoms with Crippen molar-refractivity contribution in [2.24, 2.45) is 0 Å². The molecule has 1 saturated heterocycles. The molecule has 0 bridgehead atoms. The number of nitrogens with one attached hydrogen (secondary N) is 1. The molecule has 98 valence electrons. The molecule has 1 aliphatic heterocycles. The minimum atomic E-state index is -1.03. The van der Waals surface area contributed by atoms with E-state index in [9.17, 15) is 4.79 Å². The molecule has 2 heterocycles. The second-order valence-electron chi connectivity index (χ2n) is 3.91. The van der Waals surface area contributed by atoms with Crippen molar-refractivity contribution in [2.75, 3.05) is 34.9 Å². The smallest absolute Gasteiger partial charge is 0.337 e. The Labute approximate surface area is 114 Å². The molecule has 0 amide bonds. The monoisotopic (exact) mass is 285 g/mol. The molecule has 1 aromatic rings. The predicted octanol–water partition coefficient (Wildman–Crippen LogP) is 1.62. The summed E-state index contributed by atoms with van der Waals surface area (Å²) in [6.45, 7) is 0.799. The van der Waals surface area contributed by atoms with Crippen LogP contribution < -0.4 is 11.1 Å². The van der Waals surface area contributed by atoms with Crippen molar-refractivity contribution in [1.82, 2.24) is 4.98 Å². The van der Waals surface area contributed by atoms with Gasteiger partial charge in [-0.15, -0.1) is 0 Å². The average Bonchev–Trinajstić information content (AvgIpc) is 2.38. The quantitative estimate of drug-likeness (QED) is 0.774. The molecule has 1 aromatic heterocycles. The highest BCUT2D eigenvalue weighted by atomic mass is 32.2. The van der Waals surface area contributed by atoms with Crippen LogP contribution in [-0.2, 0) is 0 Å². The van der Waals surface area contributed by atoms with Gasteiger partial charge in [-0.25, -0.2) is 9.78 Å². The average molecular weight is 285 g/mol. The number of hydrogen-bond donors (Lipinski definition) is 3. The number of nitrogen functional groups attached to an aromatic ring is 1. The van der Waals surface area contributed by atoms with E-state index in [1.54, 1.807) is 0 Å². The molecule has 2 rings (SSSR count). The van der Waals surface area contributed by atoms with Crippen molar-refractivity contribution in [3.63, 3.8) is 0 Å². The van der Waals surface area contributed by atoms with E-state index in [-0.39, 0.29) is 11.3 Å². The Morgan fingerprint density at radius 3 is 3.11 bits per heavy atom. The number of hydrogen-bond acceptors (Lipinski definition) is 6. The lowest BCUT2D eigenvalue weighted by Gasteiger charge is -2.21. The summed E-state index contributed by atoms with van der Waals surface area (Å²) in [5.41, 5.74) is 5.84. The van der Waals surface area contributed by atoms with Gasteiger partial charge < -0.3 is 16.2 Å². The van der Waals surface area contributed by atoms with Gasteiger partial charge in [0.1, 0.15) is 5.82 Å². The third-order valence-corrected chi connectivity index (χ3v) is 5.41. The van der Waals surface area contributed by atoms with Crippen LogP contribution in [0.2, 0.25) is 0 Å². The highest BCUT2D eigenvalue weighted by Crippen LogP contribution is 2.24. The number of nitrogens with two attached hydrogens (primary N) is 1. The lowest BCUT2D eigenvalue weighted by molar-refractivity contribution is 0.0698. The van der Waals surface area contributed by atoms with Gasteiger partial charge in [0.15, 0.2) is 0 Å². The second kappa shape index (κ2) is 6.19. The summed E-state index contributed by atoms with van der Waals surface area (Å²) < 4.78 is 0. The fraction of sp³-hybridized carbons (Fsp3) is 0.455. The summed E-state index contributed by atoms with van der Waals surface area (Å²) in [7, 11) is 0. The molecule has 0 radical (unpaired) electrons. The maximum Gasteiger partial charge on any atom is 0.337 e. The molecule has 1 aliphatic rings. The molecular formula is C11H15N3O2S2. The van der Waals surface area contributed by atoms with Crippen molar-refractivity contribution in [2.45, 2.75) is 5.25 Å². The van der Waals surface area contributed by atoms with Crippen LogP contribution in [0.3, 0.4) is 0 Å². The van der Waals surface area contributed by atoms with Crippen LogP contribution in [0.1, 0.15) is 10.4 Å². The maximum absolute atomic E-state index is 10.9. The summed E-state index contributed by atoms with van der Waals surface area (Å²) in [5, 5.41) is 12.7. The lowest BCUT2D eigenvalue weighted by Crippen LogP contribution is -2.23. The second-order valence-corrected chi connectivity index (χ2v) is 6.47. The van der Waals surface area contributed by atoms with Gasteiger partial charge in [-0.2, -0.15) is 23.5 Å². The number of carboxylic acid groups (broad SMARTS) is 1. The molecule has 0 aromatic carbocycles. The zero-order chi connectivity index (χ0) is 13.0. The van der Waals surface area contributed by atoms with Gasteiger partial charge in [-0.1, -0.05) is 0 Å². The van der Waals surface area contributed by atoms with E-state index < -0.39 is 5.97 Å². The molecule has 1 unspecified atom stereocenters. The number of pyridine rings is 1. The van der Waals surface area contributed by atoms with Gasteiger partial charge in [0, 0.05) is 29.1 Å². The number of thioether (sulfide) groups is 2. The van der Waals surface area contributed by atoms with Crippen LogP contribution in [0.25, 0.3) is 0 Å². The number of aromatic carboxylic acids is 1. The van der Waals surface area contributed by atoms with Crippen LogP contribution in [0.5, 0.6) is 0 Å². The standard InChI is InChI=1S/C11H15N3O2S2/c12-9-5-14-10(3-8(9)11(15)16)13-4-7-6-17-1-2-18-7/h3,5,7H,1-2,4,6,12H2,(H,13,14)(H,15,16). The number of anilines is 2. The summed E-state index contributed by atoms with van der Waals surface area (Å²) >= 11 is 3.90. The summed E-state index contributed by atoms with van der Waals surface area (Å²) in [6, 6.07) is 1.48. The Morgan fingerprint density at radius 1 is 1.61 bits per heavy atom. The van der Waals surface area contributed by atoms with Crippen molar-refractivity contribution in [1.29, 1.82) is 0 Å². The largest absolute Gasteiger partial charge is 0.478 e. The molecule has 18 heavy (non-hydrogen) atoms. The van der Waals surface area contributed by atoms with Gasteiger partial charge in [-0.3, -0.25) is 0 Å². The van der Waals surface area contributed by atoms with Gasteiger partial charge in [-0.05, 0) is 6.07 Å². The van der Waals surface area contributed by atoms with E-state index in [0.717, 1.165) is 12.3 Å². The van der Waals surface area contributed by atoms with E-state index in [1.165, 1.54) is 23.8 Å². The number of carboxylic acids is 1. The number of rotatable bonds is 4. The Balaban J connectivity index is 1.96.